The number of hydrazone groups is 1. The van der Waals surface area contributed by atoms with Gasteiger partial charge in [-0.1, -0.05) is 18.2 Å². The maximum Gasteiger partial charge on any atom is 0.191 e. The van der Waals surface area contributed by atoms with Crippen molar-refractivity contribution in [2.24, 2.45) is 5.10 Å². The first-order valence-corrected chi connectivity index (χ1v) is 6.27. The normalized spacial score (nSPS) is 10.6. The van der Waals surface area contributed by atoms with E-state index in [9.17, 15) is 0 Å². The van der Waals surface area contributed by atoms with Crippen LogP contribution < -0.4 is 10.7 Å². The lowest BCUT2D eigenvalue weighted by Crippen LogP contribution is -2.24. The summed E-state index contributed by atoms with van der Waals surface area (Å²) < 4.78 is 5.12. The van der Waals surface area contributed by atoms with Crippen LogP contribution in [0.5, 0.6) is 0 Å². The molecule has 0 amide bonds. The standard InChI is InChI=1S/C14H15N3OS/c1-10-5-3-6-11(2)13(10)16-14(19)17-15-9-12-7-4-8-18-12/h3-9H,1-2H3,(H2,16,17,19)/b15-9-. The Kier molecular flexibility index (Phi) is 4.30. The molecule has 98 valence electrons. The Morgan fingerprint density at radius 1 is 1.21 bits per heavy atom. The van der Waals surface area contributed by atoms with Crippen LogP contribution in [0.4, 0.5) is 5.69 Å². The Balaban J connectivity index is 1.95. The highest BCUT2D eigenvalue weighted by Gasteiger charge is 2.03. The summed E-state index contributed by atoms with van der Waals surface area (Å²) in [6, 6.07) is 9.69. The predicted octanol–water partition coefficient (Wildman–Crippen LogP) is 3.22. The van der Waals surface area contributed by atoms with Crippen molar-refractivity contribution in [3.63, 3.8) is 0 Å². The molecule has 0 saturated carbocycles. The van der Waals surface area contributed by atoms with E-state index in [0.29, 0.717) is 10.9 Å². The van der Waals surface area contributed by atoms with E-state index in [4.69, 9.17) is 16.6 Å². The van der Waals surface area contributed by atoms with Gasteiger partial charge in [0.15, 0.2) is 5.11 Å². The first-order chi connectivity index (χ1) is 9.16. The molecule has 0 saturated heterocycles. The van der Waals surface area contributed by atoms with E-state index < -0.39 is 0 Å². The van der Waals surface area contributed by atoms with E-state index in [2.05, 4.69) is 15.8 Å². The third-order valence-corrected chi connectivity index (χ3v) is 2.81. The monoisotopic (exact) mass is 273 g/mol. The van der Waals surface area contributed by atoms with Crippen LogP contribution >= 0.6 is 12.2 Å². The molecule has 0 aliphatic heterocycles. The van der Waals surface area contributed by atoms with Crippen LogP contribution in [0.3, 0.4) is 0 Å². The molecular formula is C14H15N3OS. The van der Waals surface area contributed by atoms with Crippen LogP contribution in [0.25, 0.3) is 0 Å². The molecule has 2 N–H and O–H groups in total. The summed E-state index contributed by atoms with van der Waals surface area (Å²) in [5.74, 6) is 0.669. The number of furan rings is 1. The van der Waals surface area contributed by atoms with E-state index in [1.807, 2.05) is 38.1 Å². The fourth-order valence-electron chi connectivity index (χ4n) is 1.67. The molecule has 0 bridgehead atoms. The van der Waals surface area contributed by atoms with E-state index in [-0.39, 0.29) is 0 Å². The smallest absolute Gasteiger partial charge is 0.191 e. The number of para-hydroxylation sites is 1. The fourth-order valence-corrected chi connectivity index (χ4v) is 1.83. The van der Waals surface area contributed by atoms with Crippen LogP contribution in [-0.2, 0) is 0 Å². The minimum absolute atomic E-state index is 0.445. The molecule has 0 fully saturated rings. The van der Waals surface area contributed by atoms with Crippen molar-refractivity contribution >= 4 is 29.2 Å². The zero-order chi connectivity index (χ0) is 13.7. The second kappa shape index (κ2) is 6.15. The van der Waals surface area contributed by atoms with Crippen LogP contribution in [0.1, 0.15) is 16.9 Å². The van der Waals surface area contributed by atoms with Gasteiger partial charge in [0.1, 0.15) is 5.76 Å². The zero-order valence-electron chi connectivity index (χ0n) is 10.8. The quantitative estimate of drug-likeness (QED) is 0.512. The minimum Gasteiger partial charge on any atom is -0.463 e. The number of benzene rings is 1. The van der Waals surface area contributed by atoms with Gasteiger partial charge in [0.05, 0.1) is 12.5 Å². The fraction of sp³-hybridized carbons (Fsp3) is 0.143. The third kappa shape index (κ3) is 3.66. The Morgan fingerprint density at radius 2 is 1.95 bits per heavy atom. The lowest BCUT2D eigenvalue weighted by atomic mass is 10.1. The SMILES string of the molecule is Cc1cccc(C)c1NC(=S)N/N=C\c1ccco1. The molecule has 1 aromatic carbocycles. The Morgan fingerprint density at radius 3 is 2.58 bits per heavy atom. The van der Waals surface area contributed by atoms with Gasteiger partial charge in [-0.2, -0.15) is 5.10 Å². The average molecular weight is 273 g/mol. The highest BCUT2D eigenvalue weighted by Crippen LogP contribution is 2.18. The highest BCUT2D eigenvalue weighted by molar-refractivity contribution is 7.80. The van der Waals surface area contributed by atoms with Gasteiger partial charge in [0, 0.05) is 5.69 Å². The zero-order valence-corrected chi connectivity index (χ0v) is 11.6. The molecule has 1 heterocycles. The van der Waals surface area contributed by atoms with Gasteiger partial charge >= 0.3 is 0 Å². The maximum atomic E-state index is 5.18. The van der Waals surface area contributed by atoms with E-state index in [1.54, 1.807) is 18.5 Å². The van der Waals surface area contributed by atoms with Gasteiger partial charge < -0.3 is 9.73 Å². The van der Waals surface area contributed by atoms with Crippen molar-refractivity contribution in [2.45, 2.75) is 13.8 Å². The van der Waals surface area contributed by atoms with Gasteiger partial charge in [0.25, 0.3) is 0 Å². The number of hydrogen-bond acceptors (Lipinski definition) is 3. The van der Waals surface area contributed by atoms with Gasteiger partial charge in [-0.3, -0.25) is 5.43 Å². The second-order valence-corrected chi connectivity index (χ2v) is 4.51. The number of rotatable bonds is 3. The van der Waals surface area contributed by atoms with Crippen LogP contribution in [-0.4, -0.2) is 11.3 Å². The summed E-state index contributed by atoms with van der Waals surface area (Å²) in [4.78, 5) is 0. The minimum atomic E-state index is 0.445. The van der Waals surface area contributed by atoms with Crippen molar-refractivity contribution in [2.75, 3.05) is 5.32 Å². The number of nitrogens with zero attached hydrogens (tertiary/aromatic N) is 1. The highest BCUT2D eigenvalue weighted by atomic mass is 32.1. The Bertz CT molecular complexity index is 570. The van der Waals surface area contributed by atoms with E-state index >= 15 is 0 Å². The van der Waals surface area contributed by atoms with Gasteiger partial charge in [-0.15, -0.1) is 0 Å². The second-order valence-electron chi connectivity index (χ2n) is 4.11. The Labute approximate surface area is 117 Å². The largest absolute Gasteiger partial charge is 0.463 e. The van der Waals surface area contributed by atoms with E-state index in [0.717, 1.165) is 16.8 Å². The molecule has 0 spiro atoms. The summed E-state index contributed by atoms with van der Waals surface area (Å²) in [7, 11) is 0. The molecular weight excluding hydrogens is 258 g/mol. The Hall–Kier alpha value is -2.14. The van der Waals surface area contributed by atoms with Gasteiger partial charge in [-0.25, -0.2) is 0 Å². The topological polar surface area (TPSA) is 49.6 Å². The molecule has 0 aliphatic rings. The molecule has 0 atom stereocenters. The summed E-state index contributed by atoms with van der Waals surface area (Å²) in [5.41, 5.74) is 6.04. The predicted molar refractivity (Wildman–Crippen MR) is 81.6 cm³/mol. The summed E-state index contributed by atoms with van der Waals surface area (Å²) in [6.45, 7) is 4.06. The molecule has 0 radical (unpaired) electrons. The number of thiocarbonyl (C=S) groups is 1. The molecule has 4 nitrogen and oxygen atoms in total. The number of hydrogen-bond donors (Lipinski definition) is 2. The average Bonchev–Trinajstić information content (AvgIpc) is 2.87. The number of anilines is 1. The van der Waals surface area contributed by atoms with Crippen molar-refractivity contribution in [1.82, 2.24) is 5.43 Å². The van der Waals surface area contributed by atoms with E-state index in [1.165, 1.54) is 0 Å². The molecule has 2 aromatic rings. The van der Waals surface area contributed by atoms with Crippen LogP contribution in [0.15, 0.2) is 46.1 Å². The van der Waals surface area contributed by atoms with Crippen molar-refractivity contribution in [3.8, 4) is 0 Å². The lowest BCUT2D eigenvalue weighted by molar-refractivity contribution is 0.560. The molecule has 0 aliphatic carbocycles. The summed E-state index contributed by atoms with van der Waals surface area (Å²) in [5, 5.41) is 7.58. The summed E-state index contributed by atoms with van der Waals surface area (Å²) >= 11 is 5.18. The number of aryl methyl sites for hydroxylation is 2. The van der Waals surface area contributed by atoms with Crippen molar-refractivity contribution in [3.05, 3.63) is 53.5 Å². The maximum absolute atomic E-state index is 5.18. The molecule has 0 unspecified atom stereocenters. The van der Waals surface area contributed by atoms with Gasteiger partial charge in [0.2, 0.25) is 0 Å². The first kappa shape index (κ1) is 13.3. The molecule has 1 aromatic heterocycles. The molecule has 19 heavy (non-hydrogen) atoms. The lowest BCUT2D eigenvalue weighted by Gasteiger charge is -2.12. The first-order valence-electron chi connectivity index (χ1n) is 5.86. The van der Waals surface area contributed by atoms with Crippen molar-refractivity contribution < 1.29 is 4.42 Å². The third-order valence-electron chi connectivity index (χ3n) is 2.62. The van der Waals surface area contributed by atoms with Crippen LogP contribution in [0.2, 0.25) is 0 Å². The molecule has 5 heteroatoms. The molecule has 2 rings (SSSR count). The summed E-state index contributed by atoms with van der Waals surface area (Å²) in [6.07, 6.45) is 3.16. The number of nitrogens with one attached hydrogen (secondary N) is 2. The van der Waals surface area contributed by atoms with Crippen LogP contribution in [0, 0.1) is 13.8 Å². The van der Waals surface area contributed by atoms with Gasteiger partial charge in [-0.05, 0) is 49.3 Å². The van der Waals surface area contributed by atoms with Crippen molar-refractivity contribution in [1.29, 1.82) is 0 Å².